The third-order valence-electron chi connectivity index (χ3n) is 2.70. The van der Waals surface area contributed by atoms with Gasteiger partial charge in [-0.25, -0.2) is 4.79 Å². The first-order valence-corrected chi connectivity index (χ1v) is 6.55. The molecule has 0 spiro atoms. The van der Waals surface area contributed by atoms with E-state index in [1.54, 1.807) is 17.0 Å². The molecule has 0 aliphatic rings. The first-order chi connectivity index (χ1) is 9.20. The number of aliphatic carboxylic acids is 1. The number of carbonyl (C=O) groups is 2. The zero-order valence-electron chi connectivity index (χ0n) is 11.8. The van der Waals surface area contributed by atoms with Gasteiger partial charge in [0, 0.05) is 29.3 Å². The number of hydrogen-bond donors (Lipinski definition) is 1. The van der Waals surface area contributed by atoms with E-state index in [2.05, 4.69) is 0 Å². The van der Waals surface area contributed by atoms with Gasteiger partial charge in [0.15, 0.2) is 0 Å². The Labute approximate surface area is 123 Å². The molecule has 0 aliphatic heterocycles. The lowest BCUT2D eigenvalue weighted by atomic mass is 10.0. The van der Waals surface area contributed by atoms with Crippen molar-refractivity contribution in [1.82, 2.24) is 4.90 Å². The van der Waals surface area contributed by atoms with E-state index >= 15 is 0 Å². The average Bonchev–Trinajstić information content (AvgIpc) is 2.33. The summed E-state index contributed by atoms with van der Waals surface area (Å²) in [6.07, 6.45) is 1.92. The Morgan fingerprint density at radius 3 is 2.20 bits per heavy atom. The van der Waals surface area contributed by atoms with Crippen LogP contribution in [-0.4, -0.2) is 27.4 Å². The van der Waals surface area contributed by atoms with Gasteiger partial charge in [-0.15, -0.1) is 0 Å². The van der Waals surface area contributed by atoms with E-state index in [1.165, 1.54) is 0 Å². The summed E-state index contributed by atoms with van der Waals surface area (Å²) >= 11 is 5.83. The van der Waals surface area contributed by atoms with E-state index in [0.29, 0.717) is 11.6 Å². The molecule has 0 fully saturated rings. The van der Waals surface area contributed by atoms with E-state index in [9.17, 15) is 9.59 Å². The second-order valence-corrected chi connectivity index (χ2v) is 5.83. The fraction of sp³-hybridized carbons (Fsp3) is 0.333. The number of carboxylic acid groups (broad SMARTS) is 1. The number of rotatable bonds is 4. The second kappa shape index (κ2) is 6.57. The van der Waals surface area contributed by atoms with Crippen molar-refractivity contribution in [1.29, 1.82) is 0 Å². The Hall–Kier alpha value is -1.81. The molecule has 1 N–H and O–H groups in total. The molecule has 5 heteroatoms. The van der Waals surface area contributed by atoms with Crippen molar-refractivity contribution < 1.29 is 14.7 Å². The molecule has 0 saturated heterocycles. The predicted octanol–water partition coefficient (Wildman–Crippen LogP) is 3.11. The van der Waals surface area contributed by atoms with Crippen LogP contribution in [0.25, 0.3) is 0 Å². The van der Waals surface area contributed by atoms with Crippen LogP contribution in [0.3, 0.4) is 0 Å². The van der Waals surface area contributed by atoms with E-state index in [4.69, 9.17) is 16.7 Å². The summed E-state index contributed by atoms with van der Waals surface area (Å²) in [4.78, 5) is 24.2. The third-order valence-corrected chi connectivity index (χ3v) is 2.95. The fourth-order valence-corrected chi connectivity index (χ4v) is 1.78. The normalized spacial score (nSPS) is 11.6. The van der Waals surface area contributed by atoms with Gasteiger partial charge < -0.3 is 10.0 Å². The topological polar surface area (TPSA) is 57.6 Å². The highest BCUT2D eigenvalue weighted by atomic mass is 35.5. The van der Waals surface area contributed by atoms with E-state index in [1.807, 2.05) is 32.9 Å². The fourth-order valence-electron chi connectivity index (χ4n) is 1.65. The standard InChI is InChI=1S/C15H18ClNO3/c1-15(2,3)17(13(18)8-9-14(19)20)10-11-4-6-12(16)7-5-11/h4-9H,10H2,1-3H3,(H,19,20). The molecule has 0 radical (unpaired) electrons. The van der Waals surface area contributed by atoms with Gasteiger partial charge in [-0.1, -0.05) is 23.7 Å². The molecule has 4 nitrogen and oxygen atoms in total. The smallest absolute Gasteiger partial charge is 0.328 e. The van der Waals surface area contributed by atoms with Crippen LogP contribution in [0.1, 0.15) is 26.3 Å². The van der Waals surface area contributed by atoms with Crippen LogP contribution >= 0.6 is 11.6 Å². The van der Waals surface area contributed by atoms with Crippen molar-refractivity contribution in [2.24, 2.45) is 0 Å². The van der Waals surface area contributed by atoms with Crippen molar-refractivity contribution >= 4 is 23.5 Å². The zero-order valence-corrected chi connectivity index (χ0v) is 12.5. The minimum Gasteiger partial charge on any atom is -0.478 e. The van der Waals surface area contributed by atoms with Gasteiger partial charge in [0.1, 0.15) is 0 Å². The quantitative estimate of drug-likeness (QED) is 0.868. The zero-order chi connectivity index (χ0) is 15.3. The molecule has 20 heavy (non-hydrogen) atoms. The Kier molecular flexibility index (Phi) is 5.34. The summed E-state index contributed by atoms with van der Waals surface area (Å²) in [5, 5.41) is 9.23. The third kappa shape index (κ3) is 5.05. The van der Waals surface area contributed by atoms with Crippen LogP contribution in [0.4, 0.5) is 0 Å². The van der Waals surface area contributed by atoms with Crippen molar-refractivity contribution in [3.05, 3.63) is 47.0 Å². The number of halogens is 1. The summed E-state index contributed by atoms with van der Waals surface area (Å²) in [5.41, 5.74) is 0.515. The maximum Gasteiger partial charge on any atom is 0.328 e. The number of carbonyl (C=O) groups excluding carboxylic acids is 1. The van der Waals surface area contributed by atoms with Gasteiger partial charge in [0.2, 0.25) is 5.91 Å². The summed E-state index contributed by atoms with van der Waals surface area (Å²) in [7, 11) is 0. The molecule has 1 amide bonds. The Morgan fingerprint density at radius 1 is 1.20 bits per heavy atom. The lowest BCUT2D eigenvalue weighted by molar-refractivity contribution is -0.134. The maximum absolute atomic E-state index is 12.1. The molecular weight excluding hydrogens is 278 g/mol. The van der Waals surface area contributed by atoms with Gasteiger partial charge >= 0.3 is 5.97 Å². The highest BCUT2D eigenvalue weighted by molar-refractivity contribution is 6.30. The van der Waals surface area contributed by atoms with Gasteiger partial charge in [0.05, 0.1) is 0 Å². The lowest BCUT2D eigenvalue weighted by Crippen LogP contribution is -2.44. The number of amides is 1. The van der Waals surface area contributed by atoms with E-state index < -0.39 is 11.5 Å². The molecule has 1 rings (SSSR count). The highest BCUT2D eigenvalue weighted by Gasteiger charge is 2.25. The van der Waals surface area contributed by atoms with Crippen molar-refractivity contribution in [3.8, 4) is 0 Å². The van der Waals surface area contributed by atoms with Crippen LogP contribution in [0.2, 0.25) is 5.02 Å². The molecule has 108 valence electrons. The Balaban J connectivity index is 2.93. The van der Waals surface area contributed by atoms with Gasteiger partial charge in [-0.3, -0.25) is 4.79 Å². The Morgan fingerprint density at radius 2 is 1.75 bits per heavy atom. The first kappa shape index (κ1) is 16.2. The van der Waals surface area contributed by atoms with Crippen LogP contribution < -0.4 is 0 Å². The summed E-state index contributed by atoms with van der Waals surface area (Å²) in [6, 6.07) is 7.20. The molecule has 0 saturated carbocycles. The number of nitrogens with zero attached hydrogens (tertiary/aromatic N) is 1. The molecule has 1 aromatic carbocycles. The van der Waals surface area contributed by atoms with Gasteiger partial charge in [-0.05, 0) is 38.5 Å². The molecular formula is C15H18ClNO3. The lowest BCUT2D eigenvalue weighted by Gasteiger charge is -2.35. The minimum atomic E-state index is -1.14. The first-order valence-electron chi connectivity index (χ1n) is 6.17. The van der Waals surface area contributed by atoms with Crippen molar-refractivity contribution in [2.45, 2.75) is 32.9 Å². The molecule has 0 aromatic heterocycles. The van der Waals surface area contributed by atoms with E-state index in [-0.39, 0.29) is 5.91 Å². The number of benzene rings is 1. The largest absolute Gasteiger partial charge is 0.478 e. The molecule has 0 heterocycles. The summed E-state index contributed by atoms with van der Waals surface area (Å²) in [6.45, 7) is 6.09. The van der Waals surface area contributed by atoms with Crippen LogP contribution in [-0.2, 0) is 16.1 Å². The van der Waals surface area contributed by atoms with Crippen LogP contribution in [0.15, 0.2) is 36.4 Å². The van der Waals surface area contributed by atoms with Crippen LogP contribution in [0.5, 0.6) is 0 Å². The SMILES string of the molecule is CC(C)(C)N(Cc1ccc(Cl)cc1)C(=O)C=CC(=O)O. The molecule has 0 atom stereocenters. The average molecular weight is 296 g/mol. The monoisotopic (exact) mass is 295 g/mol. The minimum absolute atomic E-state index is 0.338. The number of carboxylic acids is 1. The molecule has 1 aromatic rings. The van der Waals surface area contributed by atoms with E-state index in [0.717, 1.165) is 17.7 Å². The number of hydrogen-bond acceptors (Lipinski definition) is 2. The summed E-state index contributed by atoms with van der Waals surface area (Å²) in [5.74, 6) is -1.48. The van der Waals surface area contributed by atoms with Gasteiger partial charge in [-0.2, -0.15) is 0 Å². The molecule has 0 unspecified atom stereocenters. The van der Waals surface area contributed by atoms with Crippen LogP contribution in [0, 0.1) is 0 Å². The van der Waals surface area contributed by atoms with Gasteiger partial charge in [0.25, 0.3) is 0 Å². The second-order valence-electron chi connectivity index (χ2n) is 5.39. The Bertz CT molecular complexity index is 515. The van der Waals surface area contributed by atoms with Crippen molar-refractivity contribution in [2.75, 3.05) is 0 Å². The summed E-state index contributed by atoms with van der Waals surface area (Å²) < 4.78 is 0. The predicted molar refractivity (Wildman–Crippen MR) is 78.5 cm³/mol. The maximum atomic E-state index is 12.1. The molecule has 0 bridgehead atoms. The molecule has 0 aliphatic carbocycles. The van der Waals surface area contributed by atoms with Crippen molar-refractivity contribution in [3.63, 3.8) is 0 Å². The highest BCUT2D eigenvalue weighted by Crippen LogP contribution is 2.19.